The van der Waals surface area contributed by atoms with E-state index in [4.69, 9.17) is 4.99 Å². The number of imidazole rings is 1. The number of nitrogens with one attached hydrogen (secondary N) is 1. The van der Waals surface area contributed by atoms with Gasteiger partial charge < -0.3 is 19.7 Å². The quantitative estimate of drug-likeness (QED) is 0.502. The number of thiophene rings is 1. The summed E-state index contributed by atoms with van der Waals surface area (Å²) in [6, 6.07) is 13.0. The number of piperazine rings is 1. The summed E-state index contributed by atoms with van der Waals surface area (Å²) in [6.07, 6.45) is 5.64. The van der Waals surface area contributed by atoms with Gasteiger partial charge in [-0.2, -0.15) is 0 Å². The van der Waals surface area contributed by atoms with Crippen LogP contribution in [0.5, 0.6) is 0 Å². The summed E-state index contributed by atoms with van der Waals surface area (Å²) in [5.74, 6) is 1.01. The van der Waals surface area contributed by atoms with Crippen LogP contribution in [0.15, 0.2) is 65.5 Å². The Kier molecular flexibility index (Phi) is 6.46. The standard InChI is InChI=1S/C22H28N6S/c1-2-24-22(28-13-11-27(12-14-28)21-4-3-15-29-21)25-16-19-5-7-20(8-6-19)17-26-10-9-23-18-26/h3-10,15,18H,2,11-14,16-17H2,1H3,(H,24,25). The first-order chi connectivity index (χ1) is 14.3. The molecule has 1 aliphatic rings. The van der Waals surface area contributed by atoms with Crippen molar-refractivity contribution >= 4 is 22.3 Å². The fraction of sp³-hybridized carbons (Fsp3) is 0.364. The average molecular weight is 409 g/mol. The Balaban J connectivity index is 1.34. The molecule has 152 valence electrons. The first-order valence-corrected chi connectivity index (χ1v) is 11.0. The lowest BCUT2D eigenvalue weighted by Gasteiger charge is -2.37. The van der Waals surface area contributed by atoms with Gasteiger partial charge in [0.25, 0.3) is 0 Å². The lowest BCUT2D eigenvalue weighted by molar-refractivity contribution is 0.373. The van der Waals surface area contributed by atoms with E-state index in [0.717, 1.165) is 45.2 Å². The van der Waals surface area contributed by atoms with Crippen molar-refractivity contribution in [3.8, 4) is 0 Å². The number of anilines is 1. The fourth-order valence-corrected chi connectivity index (χ4v) is 4.31. The number of guanidine groups is 1. The van der Waals surface area contributed by atoms with Gasteiger partial charge in [0.15, 0.2) is 5.96 Å². The molecule has 0 bridgehead atoms. The first kappa shape index (κ1) is 19.5. The lowest BCUT2D eigenvalue weighted by atomic mass is 10.1. The monoisotopic (exact) mass is 408 g/mol. The zero-order chi connectivity index (χ0) is 19.9. The van der Waals surface area contributed by atoms with Gasteiger partial charge in [0.2, 0.25) is 0 Å². The van der Waals surface area contributed by atoms with Crippen LogP contribution in [0.25, 0.3) is 0 Å². The molecular formula is C22H28N6S. The molecule has 1 aromatic carbocycles. The number of hydrogen-bond donors (Lipinski definition) is 1. The van der Waals surface area contributed by atoms with E-state index in [0.29, 0.717) is 6.54 Å². The number of benzene rings is 1. The Morgan fingerprint density at radius 1 is 1.10 bits per heavy atom. The molecule has 2 aromatic heterocycles. The second-order valence-corrected chi connectivity index (χ2v) is 8.07. The molecule has 0 amide bonds. The highest BCUT2D eigenvalue weighted by molar-refractivity contribution is 7.14. The van der Waals surface area contributed by atoms with Crippen molar-refractivity contribution in [1.29, 1.82) is 0 Å². The predicted molar refractivity (Wildman–Crippen MR) is 121 cm³/mol. The summed E-state index contributed by atoms with van der Waals surface area (Å²) in [7, 11) is 0. The smallest absolute Gasteiger partial charge is 0.194 e. The van der Waals surface area contributed by atoms with E-state index >= 15 is 0 Å². The molecular weight excluding hydrogens is 380 g/mol. The van der Waals surface area contributed by atoms with Crippen LogP contribution in [0.3, 0.4) is 0 Å². The maximum Gasteiger partial charge on any atom is 0.194 e. The zero-order valence-electron chi connectivity index (χ0n) is 16.9. The highest BCUT2D eigenvalue weighted by atomic mass is 32.1. The Morgan fingerprint density at radius 3 is 2.55 bits per heavy atom. The molecule has 0 atom stereocenters. The third-order valence-electron chi connectivity index (χ3n) is 5.09. The normalized spacial score (nSPS) is 15.0. The Bertz CT molecular complexity index is 878. The molecule has 7 heteroatoms. The van der Waals surface area contributed by atoms with Crippen LogP contribution in [0.1, 0.15) is 18.1 Å². The van der Waals surface area contributed by atoms with Crippen molar-refractivity contribution in [1.82, 2.24) is 19.8 Å². The topological polar surface area (TPSA) is 48.7 Å². The van der Waals surface area contributed by atoms with Crippen LogP contribution in [0.2, 0.25) is 0 Å². The number of hydrogen-bond acceptors (Lipinski definition) is 4. The van der Waals surface area contributed by atoms with Crippen molar-refractivity contribution in [2.75, 3.05) is 37.6 Å². The summed E-state index contributed by atoms with van der Waals surface area (Å²) in [5.41, 5.74) is 2.50. The summed E-state index contributed by atoms with van der Waals surface area (Å²) < 4.78 is 2.08. The molecule has 0 radical (unpaired) electrons. The molecule has 1 aliphatic heterocycles. The molecule has 0 saturated carbocycles. The molecule has 0 unspecified atom stereocenters. The minimum Gasteiger partial charge on any atom is -0.360 e. The van der Waals surface area contributed by atoms with Gasteiger partial charge in [-0.1, -0.05) is 24.3 Å². The van der Waals surface area contributed by atoms with Crippen LogP contribution in [0.4, 0.5) is 5.00 Å². The number of rotatable bonds is 6. The second-order valence-electron chi connectivity index (χ2n) is 7.15. The number of aromatic nitrogens is 2. The van der Waals surface area contributed by atoms with Crippen LogP contribution >= 0.6 is 11.3 Å². The maximum absolute atomic E-state index is 4.90. The van der Waals surface area contributed by atoms with Crippen molar-refractivity contribution in [2.45, 2.75) is 20.0 Å². The van der Waals surface area contributed by atoms with E-state index in [2.05, 4.69) is 73.4 Å². The molecule has 1 saturated heterocycles. The van der Waals surface area contributed by atoms with Gasteiger partial charge in [0.1, 0.15) is 0 Å². The Labute approximate surface area is 176 Å². The van der Waals surface area contributed by atoms with E-state index in [1.807, 2.05) is 30.1 Å². The van der Waals surface area contributed by atoms with Crippen LogP contribution in [-0.2, 0) is 13.1 Å². The molecule has 3 heterocycles. The van der Waals surface area contributed by atoms with Crippen molar-refractivity contribution in [2.24, 2.45) is 4.99 Å². The van der Waals surface area contributed by atoms with Gasteiger partial charge >= 0.3 is 0 Å². The van der Waals surface area contributed by atoms with Gasteiger partial charge in [0.05, 0.1) is 17.9 Å². The molecule has 4 rings (SSSR count). The van der Waals surface area contributed by atoms with Crippen LogP contribution in [0, 0.1) is 0 Å². The van der Waals surface area contributed by atoms with E-state index in [1.54, 1.807) is 0 Å². The minimum absolute atomic E-state index is 0.693. The van der Waals surface area contributed by atoms with Gasteiger partial charge in [-0.3, -0.25) is 0 Å². The predicted octanol–water partition coefficient (Wildman–Crippen LogP) is 3.28. The number of aliphatic imine (C=N–C) groups is 1. The third-order valence-corrected chi connectivity index (χ3v) is 6.02. The molecule has 0 aliphatic carbocycles. The van der Waals surface area contributed by atoms with Gasteiger partial charge in [-0.25, -0.2) is 9.98 Å². The molecule has 3 aromatic rings. The zero-order valence-corrected chi connectivity index (χ0v) is 17.7. The lowest BCUT2D eigenvalue weighted by Crippen LogP contribution is -2.52. The van der Waals surface area contributed by atoms with E-state index < -0.39 is 0 Å². The largest absolute Gasteiger partial charge is 0.360 e. The van der Waals surface area contributed by atoms with Crippen LogP contribution in [-0.4, -0.2) is 53.1 Å². The minimum atomic E-state index is 0.693. The maximum atomic E-state index is 4.90. The van der Waals surface area contributed by atoms with E-state index in [1.165, 1.54) is 16.1 Å². The molecule has 1 N–H and O–H groups in total. The second kappa shape index (κ2) is 9.60. The van der Waals surface area contributed by atoms with Gasteiger partial charge in [-0.05, 0) is 35.6 Å². The van der Waals surface area contributed by atoms with Crippen molar-refractivity contribution < 1.29 is 0 Å². The first-order valence-electron chi connectivity index (χ1n) is 10.2. The van der Waals surface area contributed by atoms with E-state index in [9.17, 15) is 0 Å². The molecule has 29 heavy (non-hydrogen) atoms. The average Bonchev–Trinajstić information content (AvgIpc) is 3.47. The summed E-state index contributed by atoms with van der Waals surface area (Å²) in [4.78, 5) is 13.8. The van der Waals surface area contributed by atoms with Crippen LogP contribution < -0.4 is 10.2 Å². The highest BCUT2D eigenvalue weighted by Crippen LogP contribution is 2.22. The highest BCUT2D eigenvalue weighted by Gasteiger charge is 2.20. The molecule has 0 spiro atoms. The fourth-order valence-electron chi connectivity index (χ4n) is 3.52. The van der Waals surface area contributed by atoms with Gasteiger partial charge in [0, 0.05) is 51.7 Å². The Morgan fingerprint density at radius 2 is 1.90 bits per heavy atom. The van der Waals surface area contributed by atoms with Crippen molar-refractivity contribution in [3.63, 3.8) is 0 Å². The van der Waals surface area contributed by atoms with Gasteiger partial charge in [-0.15, -0.1) is 11.3 Å². The summed E-state index contributed by atoms with van der Waals surface area (Å²) >= 11 is 1.82. The molecule has 1 fully saturated rings. The third kappa shape index (κ3) is 5.17. The Hall–Kier alpha value is -2.80. The van der Waals surface area contributed by atoms with E-state index in [-0.39, 0.29) is 0 Å². The summed E-state index contributed by atoms with van der Waals surface area (Å²) in [6.45, 7) is 8.61. The van der Waals surface area contributed by atoms with Crippen molar-refractivity contribution in [3.05, 3.63) is 71.6 Å². The summed E-state index contributed by atoms with van der Waals surface area (Å²) in [5, 5.41) is 6.97. The number of nitrogens with zero attached hydrogens (tertiary/aromatic N) is 5. The SMILES string of the molecule is CCNC(=NCc1ccc(Cn2ccnc2)cc1)N1CCN(c2cccs2)CC1. The molecule has 6 nitrogen and oxygen atoms in total.